The Bertz CT molecular complexity index is 1030. The molecular weight excluding hydrogens is 406 g/mol. The lowest BCUT2D eigenvalue weighted by atomic mass is 9.82. The summed E-state index contributed by atoms with van der Waals surface area (Å²) in [6, 6.07) is 2.23. The number of hydrogen-bond donors (Lipinski definition) is 1. The van der Waals surface area contributed by atoms with E-state index in [1.54, 1.807) is 0 Å². The first-order valence-corrected chi connectivity index (χ1v) is 11.8. The van der Waals surface area contributed by atoms with Crippen LogP contribution in [0.2, 0.25) is 0 Å². The lowest BCUT2D eigenvalue weighted by Gasteiger charge is -2.36. The molecule has 174 valence electrons. The van der Waals surface area contributed by atoms with Crippen molar-refractivity contribution in [2.24, 2.45) is 0 Å². The van der Waals surface area contributed by atoms with Crippen LogP contribution in [0.15, 0.2) is 21.9 Å². The highest BCUT2D eigenvalue weighted by Crippen LogP contribution is 2.37. The minimum Gasteiger partial charge on any atom is -0.354 e. The molecule has 2 fully saturated rings. The van der Waals surface area contributed by atoms with E-state index in [2.05, 4.69) is 46.7 Å². The van der Waals surface area contributed by atoms with E-state index in [-0.39, 0.29) is 5.41 Å². The Labute approximate surface area is 188 Å². The Morgan fingerprint density at radius 3 is 2.38 bits per heavy atom. The van der Waals surface area contributed by atoms with E-state index in [1.807, 2.05) is 0 Å². The summed E-state index contributed by atoms with van der Waals surface area (Å²) in [4.78, 5) is 39.8. The van der Waals surface area contributed by atoms with Gasteiger partial charge in [0, 0.05) is 55.8 Å². The quantitative estimate of drug-likeness (QED) is 0.655. The molecule has 0 unspecified atom stereocenters. The third-order valence-corrected chi connectivity index (χ3v) is 6.50. The predicted octanol–water partition coefficient (Wildman–Crippen LogP) is 1.89. The second-order valence-corrected chi connectivity index (χ2v) is 10.1. The van der Waals surface area contributed by atoms with Crippen molar-refractivity contribution in [2.45, 2.75) is 70.8 Å². The minimum atomic E-state index is -0.456. The van der Waals surface area contributed by atoms with Gasteiger partial charge in [0.1, 0.15) is 17.8 Å². The van der Waals surface area contributed by atoms with Gasteiger partial charge in [0.25, 0.3) is 5.56 Å². The average molecular weight is 442 g/mol. The number of aromatic amines is 1. The molecule has 0 bridgehead atoms. The third-order valence-electron chi connectivity index (χ3n) is 6.50. The van der Waals surface area contributed by atoms with E-state index < -0.39 is 11.2 Å². The number of rotatable bonds is 7. The van der Waals surface area contributed by atoms with Crippen molar-refractivity contribution in [3.63, 3.8) is 0 Å². The monoisotopic (exact) mass is 441 g/mol. The number of hydrogen-bond acceptors (Lipinski definition) is 7. The molecular formula is C23H35N7O2. The van der Waals surface area contributed by atoms with Crippen molar-refractivity contribution in [1.82, 2.24) is 29.6 Å². The van der Waals surface area contributed by atoms with E-state index in [4.69, 9.17) is 9.97 Å². The van der Waals surface area contributed by atoms with Crippen LogP contribution in [0.5, 0.6) is 0 Å². The van der Waals surface area contributed by atoms with Crippen LogP contribution in [0, 0.1) is 0 Å². The molecule has 4 rings (SSSR count). The van der Waals surface area contributed by atoms with E-state index in [1.165, 1.54) is 29.6 Å². The largest absolute Gasteiger partial charge is 0.354 e. The number of aromatic nitrogens is 5. The van der Waals surface area contributed by atoms with Crippen molar-refractivity contribution in [1.29, 1.82) is 0 Å². The first-order chi connectivity index (χ1) is 15.3. The topological polar surface area (TPSA) is 100 Å². The van der Waals surface area contributed by atoms with E-state index in [0.29, 0.717) is 12.5 Å². The molecule has 0 atom stereocenters. The SMILES string of the molecule is CC(C)(C)c1nc(C2CCC2)cc(N2CCN(CCCCn3ncc(=O)[nH]c3=O)CC2)n1. The summed E-state index contributed by atoms with van der Waals surface area (Å²) in [5, 5.41) is 3.89. The number of piperazine rings is 1. The van der Waals surface area contributed by atoms with Gasteiger partial charge in [0.2, 0.25) is 0 Å². The molecule has 2 aromatic rings. The van der Waals surface area contributed by atoms with Crippen molar-refractivity contribution in [2.75, 3.05) is 37.6 Å². The van der Waals surface area contributed by atoms with Crippen molar-refractivity contribution in [3.05, 3.63) is 44.6 Å². The van der Waals surface area contributed by atoms with Crippen molar-refractivity contribution in [3.8, 4) is 0 Å². The highest BCUT2D eigenvalue weighted by atomic mass is 16.2. The van der Waals surface area contributed by atoms with Gasteiger partial charge in [-0.2, -0.15) is 5.10 Å². The lowest BCUT2D eigenvalue weighted by molar-refractivity contribution is 0.249. The Morgan fingerprint density at radius 2 is 1.75 bits per heavy atom. The maximum Gasteiger partial charge on any atom is 0.344 e. The maximum absolute atomic E-state index is 11.7. The van der Waals surface area contributed by atoms with Crippen LogP contribution in [0.1, 0.15) is 70.3 Å². The van der Waals surface area contributed by atoms with Gasteiger partial charge in [-0.05, 0) is 32.2 Å². The van der Waals surface area contributed by atoms with Crippen molar-refractivity contribution >= 4 is 5.82 Å². The van der Waals surface area contributed by atoms with Crippen LogP contribution in [0.25, 0.3) is 0 Å². The fraction of sp³-hybridized carbons (Fsp3) is 0.696. The highest BCUT2D eigenvalue weighted by molar-refractivity contribution is 5.42. The zero-order valence-corrected chi connectivity index (χ0v) is 19.5. The first kappa shape index (κ1) is 22.6. The number of anilines is 1. The van der Waals surface area contributed by atoms with Crippen LogP contribution in [-0.2, 0) is 12.0 Å². The molecule has 1 N–H and O–H groups in total. The lowest BCUT2D eigenvalue weighted by Crippen LogP contribution is -2.47. The molecule has 0 radical (unpaired) electrons. The number of aryl methyl sites for hydroxylation is 1. The molecule has 1 saturated carbocycles. The van der Waals surface area contributed by atoms with Gasteiger partial charge in [0.05, 0.1) is 0 Å². The number of H-pyrrole nitrogens is 1. The average Bonchev–Trinajstić information content (AvgIpc) is 2.71. The Kier molecular flexibility index (Phi) is 6.74. The summed E-state index contributed by atoms with van der Waals surface area (Å²) in [6.45, 7) is 12.0. The molecule has 9 nitrogen and oxygen atoms in total. The van der Waals surface area contributed by atoms with Crippen LogP contribution >= 0.6 is 0 Å². The zero-order valence-electron chi connectivity index (χ0n) is 19.5. The van der Waals surface area contributed by atoms with Crippen molar-refractivity contribution < 1.29 is 0 Å². The number of nitrogens with one attached hydrogen (secondary N) is 1. The fourth-order valence-electron chi connectivity index (χ4n) is 4.20. The van der Waals surface area contributed by atoms with Gasteiger partial charge in [0.15, 0.2) is 0 Å². The van der Waals surface area contributed by atoms with Crippen LogP contribution in [0.3, 0.4) is 0 Å². The Hall–Kier alpha value is -2.55. The Balaban J connectivity index is 1.29. The van der Waals surface area contributed by atoms with Crippen LogP contribution in [0.4, 0.5) is 5.82 Å². The van der Waals surface area contributed by atoms with E-state index >= 15 is 0 Å². The smallest absolute Gasteiger partial charge is 0.344 e. The zero-order chi connectivity index (χ0) is 22.7. The fourth-order valence-corrected chi connectivity index (χ4v) is 4.20. The van der Waals surface area contributed by atoms with E-state index in [9.17, 15) is 9.59 Å². The molecule has 32 heavy (non-hydrogen) atoms. The van der Waals surface area contributed by atoms with Crippen LogP contribution < -0.4 is 16.1 Å². The summed E-state index contributed by atoms with van der Waals surface area (Å²) < 4.78 is 1.32. The van der Waals surface area contributed by atoms with Gasteiger partial charge in [-0.15, -0.1) is 0 Å². The first-order valence-electron chi connectivity index (χ1n) is 11.8. The molecule has 1 aliphatic carbocycles. The van der Waals surface area contributed by atoms with Gasteiger partial charge in [-0.25, -0.2) is 19.4 Å². The highest BCUT2D eigenvalue weighted by Gasteiger charge is 2.27. The van der Waals surface area contributed by atoms with Gasteiger partial charge in [-0.1, -0.05) is 27.2 Å². The second-order valence-electron chi connectivity index (χ2n) is 10.1. The molecule has 9 heteroatoms. The molecule has 3 heterocycles. The van der Waals surface area contributed by atoms with Crippen LogP contribution in [-0.4, -0.2) is 62.4 Å². The van der Waals surface area contributed by atoms with E-state index in [0.717, 1.165) is 63.4 Å². The molecule has 1 aliphatic heterocycles. The summed E-state index contributed by atoms with van der Waals surface area (Å²) in [6.07, 6.45) is 6.78. The number of nitrogens with zero attached hydrogens (tertiary/aromatic N) is 6. The Morgan fingerprint density at radius 1 is 1.03 bits per heavy atom. The number of unbranched alkanes of at least 4 members (excludes halogenated alkanes) is 1. The normalized spacial score (nSPS) is 18.0. The summed E-state index contributed by atoms with van der Waals surface area (Å²) in [7, 11) is 0. The standard InChI is InChI=1S/C23H35N7O2/c1-23(2,3)21-25-18(17-7-6-8-17)15-19(26-21)29-13-11-28(12-14-29)9-4-5-10-30-22(32)27-20(31)16-24-30/h15-17H,4-14H2,1-3H3,(H,27,31,32). The molecule has 1 saturated heterocycles. The maximum atomic E-state index is 11.7. The third kappa shape index (κ3) is 5.43. The second kappa shape index (κ2) is 9.52. The predicted molar refractivity (Wildman–Crippen MR) is 124 cm³/mol. The molecule has 0 spiro atoms. The molecule has 2 aromatic heterocycles. The minimum absolute atomic E-state index is 0.0566. The molecule has 0 aromatic carbocycles. The summed E-state index contributed by atoms with van der Waals surface area (Å²) >= 11 is 0. The van der Waals surface area contributed by atoms with Gasteiger partial charge < -0.3 is 4.90 Å². The summed E-state index contributed by atoms with van der Waals surface area (Å²) in [5.74, 6) is 2.63. The molecule has 2 aliphatic rings. The van der Waals surface area contributed by atoms with Gasteiger partial charge >= 0.3 is 5.69 Å². The molecule has 0 amide bonds. The van der Waals surface area contributed by atoms with Gasteiger partial charge in [-0.3, -0.25) is 14.7 Å². The summed E-state index contributed by atoms with van der Waals surface area (Å²) in [5.41, 5.74) is 0.271.